The Morgan fingerprint density at radius 2 is 1.90 bits per heavy atom. The summed E-state index contributed by atoms with van der Waals surface area (Å²) in [6.45, 7) is 2.11. The monoisotopic (exact) mass is 422 g/mol. The van der Waals surface area contributed by atoms with Crippen LogP contribution in [0.3, 0.4) is 0 Å². The summed E-state index contributed by atoms with van der Waals surface area (Å²) in [6, 6.07) is 14.4. The number of nitrogens with zero attached hydrogens (tertiary/aromatic N) is 2. The summed E-state index contributed by atoms with van der Waals surface area (Å²) in [6.07, 6.45) is 1.61. The molecule has 0 saturated carbocycles. The second-order valence-corrected chi connectivity index (χ2v) is 6.89. The normalized spacial score (nSPS) is 17.3. The van der Waals surface area contributed by atoms with E-state index in [1.807, 2.05) is 30.3 Å². The van der Waals surface area contributed by atoms with Crippen molar-refractivity contribution in [2.45, 2.75) is 0 Å². The van der Waals surface area contributed by atoms with Gasteiger partial charge in [0.1, 0.15) is 0 Å². The first kappa shape index (κ1) is 20.6. The van der Waals surface area contributed by atoms with Gasteiger partial charge >= 0.3 is 5.97 Å². The fourth-order valence-electron chi connectivity index (χ4n) is 3.21. The highest BCUT2D eigenvalue weighted by atomic mass is 16.6. The van der Waals surface area contributed by atoms with E-state index in [4.69, 9.17) is 18.9 Å². The van der Waals surface area contributed by atoms with Crippen molar-refractivity contribution in [3.05, 3.63) is 65.4 Å². The van der Waals surface area contributed by atoms with E-state index in [1.165, 1.54) is 7.11 Å². The van der Waals surface area contributed by atoms with Crippen LogP contribution in [0.25, 0.3) is 6.08 Å². The molecule has 1 saturated heterocycles. The predicted octanol–water partition coefficient (Wildman–Crippen LogP) is 2.28. The number of morpholine rings is 1. The number of esters is 1. The minimum Gasteiger partial charge on any atom is -0.493 e. The largest absolute Gasteiger partial charge is 0.493 e. The third kappa shape index (κ3) is 4.92. The highest BCUT2D eigenvalue weighted by Crippen LogP contribution is 2.30. The topological polar surface area (TPSA) is 86.7 Å². The summed E-state index contributed by atoms with van der Waals surface area (Å²) in [5.74, 6) is 0.532. The van der Waals surface area contributed by atoms with E-state index in [0.717, 1.165) is 5.56 Å². The summed E-state index contributed by atoms with van der Waals surface area (Å²) < 4.78 is 21.6. The van der Waals surface area contributed by atoms with Crippen molar-refractivity contribution in [3.63, 3.8) is 0 Å². The Balaban J connectivity index is 1.47. The predicted molar refractivity (Wildman–Crippen MR) is 113 cm³/mol. The molecule has 2 aromatic carbocycles. The maximum absolute atomic E-state index is 12.3. The Bertz CT molecular complexity index is 1030. The number of benzene rings is 2. The van der Waals surface area contributed by atoms with Gasteiger partial charge in [0, 0.05) is 18.7 Å². The average Bonchev–Trinajstić information content (AvgIpc) is 3.19. The number of ether oxygens (including phenoxy) is 4. The number of cyclic esters (lactones) is 1. The highest BCUT2D eigenvalue weighted by Gasteiger charge is 2.24. The van der Waals surface area contributed by atoms with Crippen molar-refractivity contribution in [2.75, 3.05) is 40.0 Å². The number of carbonyl (C=O) groups excluding carboxylic acids is 2. The number of aliphatic imine (C=N–C) groups is 1. The van der Waals surface area contributed by atoms with Crippen LogP contribution in [0.15, 0.2) is 59.2 Å². The summed E-state index contributed by atoms with van der Waals surface area (Å²) >= 11 is 0. The first-order valence-corrected chi connectivity index (χ1v) is 9.88. The van der Waals surface area contributed by atoms with Crippen LogP contribution in [0.1, 0.15) is 11.1 Å². The molecular weight excluding hydrogens is 400 g/mol. The van der Waals surface area contributed by atoms with Crippen molar-refractivity contribution in [1.82, 2.24) is 4.90 Å². The number of carbonyl (C=O) groups is 2. The molecule has 0 N–H and O–H groups in total. The lowest BCUT2D eigenvalue weighted by molar-refractivity contribution is -0.137. The summed E-state index contributed by atoms with van der Waals surface area (Å²) in [5, 5.41) is 0. The van der Waals surface area contributed by atoms with Crippen molar-refractivity contribution < 1.29 is 28.5 Å². The molecule has 0 atom stereocenters. The van der Waals surface area contributed by atoms with Gasteiger partial charge in [-0.3, -0.25) is 4.79 Å². The molecule has 4 rings (SSSR count). The van der Waals surface area contributed by atoms with Crippen LogP contribution in [-0.2, 0) is 19.1 Å². The van der Waals surface area contributed by atoms with Gasteiger partial charge in [0.05, 0.1) is 20.3 Å². The number of methoxy groups -OCH3 is 1. The second kappa shape index (κ2) is 9.44. The van der Waals surface area contributed by atoms with E-state index in [0.29, 0.717) is 43.4 Å². The van der Waals surface area contributed by atoms with Gasteiger partial charge < -0.3 is 23.8 Å². The lowest BCUT2D eigenvalue weighted by atomic mass is 10.1. The van der Waals surface area contributed by atoms with Crippen molar-refractivity contribution in [3.8, 4) is 11.5 Å². The molecule has 2 aromatic rings. The molecule has 0 spiro atoms. The standard InChI is InChI=1S/C23H22N2O6/c1-28-20-14-16(7-8-19(20)30-15-21(26)25-9-11-29-12-10-25)13-18-23(27)31-22(24-18)17-5-3-2-4-6-17/h2-8,13-14H,9-12,15H2,1H3/b18-13+. The molecule has 2 heterocycles. The van der Waals surface area contributed by atoms with E-state index in [2.05, 4.69) is 4.99 Å². The molecule has 160 valence electrons. The van der Waals surface area contributed by atoms with Crippen molar-refractivity contribution in [2.24, 2.45) is 4.99 Å². The molecule has 2 aliphatic heterocycles. The third-order valence-corrected chi connectivity index (χ3v) is 4.85. The zero-order chi connectivity index (χ0) is 21.6. The fraction of sp³-hybridized carbons (Fsp3) is 0.261. The fourth-order valence-corrected chi connectivity index (χ4v) is 3.21. The van der Waals surface area contributed by atoms with Crippen LogP contribution >= 0.6 is 0 Å². The smallest absolute Gasteiger partial charge is 0.363 e. The van der Waals surface area contributed by atoms with E-state index < -0.39 is 5.97 Å². The molecular formula is C23H22N2O6. The lowest BCUT2D eigenvalue weighted by Crippen LogP contribution is -2.43. The molecule has 0 aromatic heterocycles. The van der Waals surface area contributed by atoms with Gasteiger partial charge in [-0.1, -0.05) is 24.3 Å². The van der Waals surface area contributed by atoms with Gasteiger partial charge in [-0.2, -0.15) is 0 Å². The Morgan fingerprint density at radius 3 is 2.65 bits per heavy atom. The van der Waals surface area contributed by atoms with E-state index in [-0.39, 0.29) is 24.1 Å². The first-order valence-electron chi connectivity index (χ1n) is 9.88. The van der Waals surface area contributed by atoms with Crippen LogP contribution in [0.5, 0.6) is 11.5 Å². The molecule has 8 heteroatoms. The Labute approximate surface area is 179 Å². The van der Waals surface area contributed by atoms with Gasteiger partial charge in [-0.25, -0.2) is 9.79 Å². The molecule has 0 bridgehead atoms. The molecule has 1 fully saturated rings. The van der Waals surface area contributed by atoms with Gasteiger partial charge in [0.25, 0.3) is 5.91 Å². The van der Waals surface area contributed by atoms with Crippen LogP contribution < -0.4 is 9.47 Å². The maximum Gasteiger partial charge on any atom is 0.363 e. The summed E-state index contributed by atoms with van der Waals surface area (Å²) in [7, 11) is 1.51. The average molecular weight is 422 g/mol. The molecule has 2 aliphatic rings. The highest BCUT2D eigenvalue weighted by molar-refractivity contribution is 6.12. The minimum atomic E-state index is -0.519. The Kier molecular flexibility index (Phi) is 6.28. The van der Waals surface area contributed by atoms with Gasteiger partial charge in [-0.15, -0.1) is 0 Å². The molecule has 0 radical (unpaired) electrons. The quantitative estimate of drug-likeness (QED) is 0.524. The summed E-state index contributed by atoms with van der Waals surface area (Å²) in [5.41, 5.74) is 1.61. The van der Waals surface area contributed by atoms with Gasteiger partial charge in [0.15, 0.2) is 23.8 Å². The van der Waals surface area contributed by atoms with E-state index in [9.17, 15) is 9.59 Å². The van der Waals surface area contributed by atoms with Gasteiger partial charge in [0.2, 0.25) is 5.90 Å². The number of hydrogen-bond donors (Lipinski definition) is 0. The molecule has 0 unspecified atom stereocenters. The molecule has 8 nitrogen and oxygen atoms in total. The number of hydrogen-bond acceptors (Lipinski definition) is 7. The number of rotatable bonds is 6. The zero-order valence-corrected chi connectivity index (χ0v) is 17.1. The second-order valence-electron chi connectivity index (χ2n) is 6.89. The van der Waals surface area contributed by atoms with Crippen LogP contribution in [0.2, 0.25) is 0 Å². The maximum atomic E-state index is 12.3. The third-order valence-electron chi connectivity index (χ3n) is 4.85. The van der Waals surface area contributed by atoms with Crippen LogP contribution in [-0.4, -0.2) is 62.7 Å². The molecule has 31 heavy (non-hydrogen) atoms. The minimum absolute atomic E-state index is 0.0894. The SMILES string of the molecule is COc1cc(/C=C2/N=C(c3ccccc3)OC2=O)ccc1OCC(=O)N1CCOCC1. The molecule has 0 aliphatic carbocycles. The van der Waals surface area contributed by atoms with Crippen molar-refractivity contribution in [1.29, 1.82) is 0 Å². The first-order chi connectivity index (χ1) is 15.1. The Hall–Kier alpha value is -3.65. The lowest BCUT2D eigenvalue weighted by Gasteiger charge is -2.26. The van der Waals surface area contributed by atoms with Crippen LogP contribution in [0.4, 0.5) is 0 Å². The summed E-state index contributed by atoms with van der Waals surface area (Å²) in [4.78, 5) is 30.5. The zero-order valence-electron chi connectivity index (χ0n) is 17.1. The van der Waals surface area contributed by atoms with Crippen molar-refractivity contribution >= 4 is 23.9 Å². The van der Waals surface area contributed by atoms with E-state index in [1.54, 1.807) is 29.2 Å². The molecule has 1 amide bonds. The van der Waals surface area contributed by atoms with Gasteiger partial charge in [-0.05, 0) is 35.9 Å². The Morgan fingerprint density at radius 1 is 1.13 bits per heavy atom. The van der Waals surface area contributed by atoms with Crippen LogP contribution in [0, 0.1) is 0 Å². The number of amides is 1. The van der Waals surface area contributed by atoms with E-state index >= 15 is 0 Å².